The average Bonchev–Trinajstić information content (AvgIpc) is 2.42. The Bertz CT molecular complexity index is 357. The summed E-state index contributed by atoms with van der Waals surface area (Å²) in [4.78, 5) is 0. The number of alkyl halides is 2. The Balaban J connectivity index is 2.37. The lowest BCUT2D eigenvalue weighted by Gasteiger charge is -2.47. The van der Waals surface area contributed by atoms with E-state index in [0.29, 0.717) is 0 Å². The molecule has 1 aromatic heterocycles. The molecule has 3 nitrogen and oxygen atoms in total. The lowest BCUT2D eigenvalue weighted by Crippen LogP contribution is -2.54. The summed E-state index contributed by atoms with van der Waals surface area (Å²) >= 11 is 0. The van der Waals surface area contributed by atoms with Crippen molar-refractivity contribution in [2.75, 3.05) is 6.54 Å². The number of aryl methyl sites for hydroxylation is 2. The Labute approximate surface area is 87.3 Å². The van der Waals surface area contributed by atoms with Gasteiger partial charge in [0.25, 0.3) is 0 Å². The van der Waals surface area contributed by atoms with Gasteiger partial charge in [0.1, 0.15) is 0 Å². The largest absolute Gasteiger partial charge is 0.330 e. The van der Waals surface area contributed by atoms with Crippen molar-refractivity contribution in [3.63, 3.8) is 0 Å². The van der Waals surface area contributed by atoms with Gasteiger partial charge in [-0.3, -0.25) is 4.68 Å². The molecule has 0 aromatic carbocycles. The fraction of sp³-hybridized carbons (Fsp3) is 0.700. The molecule has 1 aliphatic rings. The number of nitrogens with two attached hydrogens (primary N) is 1. The maximum atomic E-state index is 13.0. The van der Waals surface area contributed by atoms with E-state index in [1.54, 1.807) is 17.9 Å². The SMILES string of the molecule is Cc1cnn(C)c1C1(CN)CC(F)(F)C1. The van der Waals surface area contributed by atoms with Gasteiger partial charge in [-0.1, -0.05) is 0 Å². The first-order valence-corrected chi connectivity index (χ1v) is 4.97. The summed E-state index contributed by atoms with van der Waals surface area (Å²) < 4.78 is 27.6. The van der Waals surface area contributed by atoms with Gasteiger partial charge >= 0.3 is 0 Å². The van der Waals surface area contributed by atoms with Crippen LogP contribution in [0.2, 0.25) is 0 Å². The van der Waals surface area contributed by atoms with E-state index in [4.69, 9.17) is 5.73 Å². The molecular formula is C10H15F2N3. The van der Waals surface area contributed by atoms with Crippen molar-refractivity contribution in [1.82, 2.24) is 9.78 Å². The second kappa shape index (κ2) is 3.01. The number of aromatic nitrogens is 2. The molecular weight excluding hydrogens is 200 g/mol. The third kappa shape index (κ3) is 1.45. The molecule has 1 saturated carbocycles. The fourth-order valence-electron chi connectivity index (χ4n) is 2.66. The van der Waals surface area contributed by atoms with Crippen LogP contribution >= 0.6 is 0 Å². The Kier molecular flexibility index (Phi) is 2.12. The smallest absolute Gasteiger partial charge is 0.250 e. The molecule has 2 N–H and O–H groups in total. The van der Waals surface area contributed by atoms with Crippen LogP contribution in [0.25, 0.3) is 0 Å². The number of halogens is 2. The fourth-order valence-corrected chi connectivity index (χ4v) is 2.66. The highest BCUT2D eigenvalue weighted by molar-refractivity contribution is 5.31. The van der Waals surface area contributed by atoms with E-state index in [-0.39, 0.29) is 19.4 Å². The van der Waals surface area contributed by atoms with Gasteiger partial charge in [0.2, 0.25) is 5.92 Å². The van der Waals surface area contributed by atoms with E-state index in [1.165, 1.54) is 0 Å². The molecule has 1 heterocycles. The Morgan fingerprint density at radius 1 is 1.53 bits per heavy atom. The van der Waals surface area contributed by atoms with Crippen molar-refractivity contribution in [2.24, 2.45) is 12.8 Å². The highest BCUT2D eigenvalue weighted by atomic mass is 19.3. The third-order valence-corrected chi connectivity index (χ3v) is 3.21. The summed E-state index contributed by atoms with van der Waals surface area (Å²) in [5, 5.41) is 4.08. The molecule has 0 aliphatic heterocycles. The van der Waals surface area contributed by atoms with E-state index >= 15 is 0 Å². The average molecular weight is 215 g/mol. The molecule has 0 amide bonds. The molecule has 0 atom stereocenters. The molecule has 1 fully saturated rings. The molecule has 1 aliphatic carbocycles. The Morgan fingerprint density at radius 2 is 2.13 bits per heavy atom. The van der Waals surface area contributed by atoms with Crippen LogP contribution in [0, 0.1) is 6.92 Å². The topological polar surface area (TPSA) is 43.8 Å². The maximum absolute atomic E-state index is 13.0. The summed E-state index contributed by atoms with van der Waals surface area (Å²) in [6, 6.07) is 0. The van der Waals surface area contributed by atoms with Gasteiger partial charge in [-0.2, -0.15) is 5.10 Å². The molecule has 0 spiro atoms. The first kappa shape index (κ1) is 10.5. The van der Waals surface area contributed by atoms with Crippen LogP contribution in [0.3, 0.4) is 0 Å². The normalized spacial score (nSPS) is 22.5. The first-order valence-electron chi connectivity index (χ1n) is 4.97. The van der Waals surface area contributed by atoms with Crippen LogP contribution in [-0.4, -0.2) is 22.2 Å². The maximum Gasteiger partial charge on any atom is 0.250 e. The van der Waals surface area contributed by atoms with Crippen molar-refractivity contribution in [3.05, 3.63) is 17.5 Å². The molecule has 84 valence electrons. The van der Waals surface area contributed by atoms with Gasteiger partial charge in [0.05, 0.1) is 6.20 Å². The number of hydrogen-bond donors (Lipinski definition) is 1. The minimum atomic E-state index is -2.56. The van der Waals surface area contributed by atoms with Gasteiger partial charge in [-0.25, -0.2) is 8.78 Å². The molecule has 0 saturated heterocycles. The zero-order valence-corrected chi connectivity index (χ0v) is 8.93. The van der Waals surface area contributed by atoms with Crippen LogP contribution in [0.1, 0.15) is 24.1 Å². The Hall–Kier alpha value is -0.970. The van der Waals surface area contributed by atoms with Crippen molar-refractivity contribution < 1.29 is 8.78 Å². The van der Waals surface area contributed by atoms with Gasteiger partial charge < -0.3 is 5.73 Å². The predicted molar refractivity (Wildman–Crippen MR) is 52.9 cm³/mol. The van der Waals surface area contributed by atoms with Gasteiger partial charge in [0, 0.05) is 37.5 Å². The van der Waals surface area contributed by atoms with Crippen molar-refractivity contribution in [3.8, 4) is 0 Å². The lowest BCUT2D eigenvalue weighted by molar-refractivity contribution is -0.126. The summed E-state index contributed by atoms with van der Waals surface area (Å²) in [6.45, 7) is 2.14. The highest BCUT2D eigenvalue weighted by Gasteiger charge is 2.58. The zero-order valence-electron chi connectivity index (χ0n) is 8.93. The molecule has 0 bridgehead atoms. The number of rotatable bonds is 2. The summed E-state index contributed by atoms with van der Waals surface area (Å²) in [6.07, 6.45) is 1.39. The van der Waals surface area contributed by atoms with Crippen LogP contribution in [0.4, 0.5) is 8.78 Å². The van der Waals surface area contributed by atoms with Gasteiger partial charge in [-0.05, 0) is 12.5 Å². The monoisotopic (exact) mass is 215 g/mol. The highest BCUT2D eigenvalue weighted by Crippen LogP contribution is 2.53. The number of hydrogen-bond acceptors (Lipinski definition) is 2. The standard InChI is InChI=1S/C10H15F2N3/c1-7-3-14-15(2)8(7)9(6-13)4-10(11,12)5-9/h3H,4-6,13H2,1-2H3. The van der Waals surface area contributed by atoms with Crippen LogP contribution in [-0.2, 0) is 12.5 Å². The van der Waals surface area contributed by atoms with E-state index in [1.807, 2.05) is 6.92 Å². The molecule has 5 heteroatoms. The summed E-state index contributed by atoms with van der Waals surface area (Å²) in [5.74, 6) is -2.56. The van der Waals surface area contributed by atoms with E-state index in [2.05, 4.69) is 5.10 Å². The minimum absolute atomic E-state index is 0.156. The van der Waals surface area contributed by atoms with Gasteiger partial charge in [-0.15, -0.1) is 0 Å². The summed E-state index contributed by atoms with van der Waals surface area (Å²) in [5.41, 5.74) is 6.87. The van der Waals surface area contributed by atoms with Crippen LogP contribution in [0.5, 0.6) is 0 Å². The Morgan fingerprint density at radius 3 is 2.47 bits per heavy atom. The lowest BCUT2D eigenvalue weighted by atomic mass is 9.63. The molecule has 2 rings (SSSR count). The second-order valence-electron chi connectivity index (χ2n) is 4.49. The van der Waals surface area contributed by atoms with Crippen LogP contribution in [0.15, 0.2) is 6.20 Å². The summed E-state index contributed by atoms with van der Waals surface area (Å²) in [7, 11) is 1.77. The molecule has 0 radical (unpaired) electrons. The first-order chi connectivity index (χ1) is 6.90. The zero-order chi connectivity index (χ0) is 11.3. The van der Waals surface area contributed by atoms with E-state index < -0.39 is 11.3 Å². The second-order valence-corrected chi connectivity index (χ2v) is 4.49. The van der Waals surface area contributed by atoms with E-state index in [9.17, 15) is 8.78 Å². The molecule has 15 heavy (non-hydrogen) atoms. The quantitative estimate of drug-likeness (QED) is 0.809. The third-order valence-electron chi connectivity index (χ3n) is 3.21. The van der Waals surface area contributed by atoms with Crippen molar-refractivity contribution in [1.29, 1.82) is 0 Å². The number of nitrogens with zero attached hydrogens (tertiary/aromatic N) is 2. The molecule has 0 unspecified atom stereocenters. The van der Waals surface area contributed by atoms with Gasteiger partial charge in [0.15, 0.2) is 0 Å². The van der Waals surface area contributed by atoms with E-state index in [0.717, 1.165) is 11.3 Å². The van der Waals surface area contributed by atoms with Crippen molar-refractivity contribution >= 4 is 0 Å². The minimum Gasteiger partial charge on any atom is -0.330 e. The molecule has 1 aromatic rings. The van der Waals surface area contributed by atoms with Crippen molar-refractivity contribution in [2.45, 2.75) is 31.1 Å². The van der Waals surface area contributed by atoms with Crippen LogP contribution < -0.4 is 5.73 Å². The predicted octanol–water partition coefficient (Wildman–Crippen LogP) is 1.35.